The van der Waals surface area contributed by atoms with Crippen molar-refractivity contribution in [3.8, 4) is 0 Å². The van der Waals surface area contributed by atoms with Crippen LogP contribution in [0.15, 0.2) is 24.8 Å². The Bertz CT molecular complexity index is 208. The van der Waals surface area contributed by atoms with Crippen molar-refractivity contribution in [3.05, 3.63) is 29.7 Å². The van der Waals surface area contributed by atoms with Crippen LogP contribution in [-0.4, -0.2) is 4.57 Å². The molecule has 1 rings (SSSR count). The lowest BCUT2D eigenvalue weighted by Gasteiger charge is -1.84. The third kappa shape index (κ3) is 0.932. The average molecular weight is 111 g/mol. The molecule has 0 N–H and O–H groups in total. The van der Waals surface area contributed by atoms with Gasteiger partial charge in [-0.1, -0.05) is 0 Å². The number of aromatic nitrogens is 2. The minimum Gasteiger partial charge on any atom is -0.347 e. The molecule has 3 nitrogen and oxygen atoms in total. The SMILES string of the molecule is Cn1cc[n+](=O)cc1. The van der Waals surface area contributed by atoms with Gasteiger partial charge in [0.1, 0.15) is 0 Å². The first kappa shape index (κ1) is 5.03. The monoisotopic (exact) mass is 111 g/mol. The van der Waals surface area contributed by atoms with E-state index in [1.54, 1.807) is 17.0 Å². The Balaban J connectivity index is 3.22. The highest BCUT2D eigenvalue weighted by Gasteiger charge is 1.84. The molecule has 0 aromatic carbocycles. The molecule has 0 saturated carbocycles. The molecule has 0 saturated heterocycles. The van der Waals surface area contributed by atoms with E-state index in [1.165, 1.54) is 12.4 Å². The fourth-order valence-corrected chi connectivity index (χ4v) is 0.441. The van der Waals surface area contributed by atoms with E-state index in [4.69, 9.17) is 0 Å². The Morgan fingerprint density at radius 1 is 1.38 bits per heavy atom. The fraction of sp³-hybridized carbons (Fsp3) is 0.200. The Morgan fingerprint density at radius 2 is 1.88 bits per heavy atom. The summed E-state index contributed by atoms with van der Waals surface area (Å²) in [4.78, 5) is 10.3. The zero-order valence-electron chi connectivity index (χ0n) is 4.61. The van der Waals surface area contributed by atoms with Crippen molar-refractivity contribution in [2.75, 3.05) is 0 Å². The standard InChI is InChI=1S/C5H7N2O/c1-6-2-4-7(8)5-3-6/h2-5H,1H3/q+1. The molecule has 3 heteroatoms. The Hall–Kier alpha value is -1.12. The summed E-state index contributed by atoms with van der Waals surface area (Å²) < 4.78 is 2.55. The van der Waals surface area contributed by atoms with Gasteiger partial charge in [-0.05, 0) is 0 Å². The summed E-state index contributed by atoms with van der Waals surface area (Å²) >= 11 is 0. The molecule has 0 spiro atoms. The lowest BCUT2D eigenvalue weighted by Crippen LogP contribution is -2.12. The van der Waals surface area contributed by atoms with E-state index in [9.17, 15) is 4.91 Å². The van der Waals surface area contributed by atoms with Gasteiger partial charge in [0.25, 0.3) is 0 Å². The van der Waals surface area contributed by atoms with E-state index in [1.807, 2.05) is 7.05 Å². The summed E-state index contributed by atoms with van der Waals surface area (Å²) in [5.41, 5.74) is 0. The van der Waals surface area contributed by atoms with Crippen LogP contribution in [0.25, 0.3) is 0 Å². The molecule has 0 fully saturated rings. The molecule has 42 valence electrons. The molecule has 0 radical (unpaired) electrons. The topological polar surface area (TPSA) is 27.9 Å². The van der Waals surface area contributed by atoms with Gasteiger partial charge in [-0.25, -0.2) is 0 Å². The van der Waals surface area contributed by atoms with Crippen LogP contribution in [0.2, 0.25) is 0 Å². The zero-order valence-corrected chi connectivity index (χ0v) is 4.61. The third-order valence-electron chi connectivity index (χ3n) is 0.897. The first-order valence-electron chi connectivity index (χ1n) is 2.33. The largest absolute Gasteiger partial charge is 0.347 e. The van der Waals surface area contributed by atoms with E-state index in [0.717, 1.165) is 4.43 Å². The van der Waals surface area contributed by atoms with Crippen molar-refractivity contribution in [1.82, 2.24) is 4.57 Å². The van der Waals surface area contributed by atoms with Gasteiger partial charge in [0.2, 0.25) is 12.4 Å². The fourth-order valence-electron chi connectivity index (χ4n) is 0.441. The lowest BCUT2D eigenvalue weighted by atomic mass is 10.7. The number of aryl methyl sites for hydroxylation is 1. The van der Waals surface area contributed by atoms with Crippen LogP contribution in [-0.2, 0) is 7.05 Å². The molecule has 0 aliphatic rings. The minimum atomic E-state index is 0.750. The maximum Gasteiger partial charge on any atom is 0.243 e. The van der Waals surface area contributed by atoms with E-state index < -0.39 is 0 Å². The number of rotatable bonds is 0. The van der Waals surface area contributed by atoms with E-state index in [-0.39, 0.29) is 0 Å². The molecule has 1 heterocycles. The van der Waals surface area contributed by atoms with Gasteiger partial charge < -0.3 is 4.57 Å². The Kier molecular flexibility index (Phi) is 1.12. The quantitative estimate of drug-likeness (QED) is 0.431. The molecular weight excluding hydrogens is 104 g/mol. The van der Waals surface area contributed by atoms with Gasteiger partial charge >= 0.3 is 0 Å². The van der Waals surface area contributed by atoms with Crippen molar-refractivity contribution < 1.29 is 4.43 Å². The van der Waals surface area contributed by atoms with Crippen molar-refractivity contribution in [2.45, 2.75) is 0 Å². The highest BCUT2D eigenvalue weighted by atomic mass is 16.3. The summed E-state index contributed by atoms with van der Waals surface area (Å²) in [5.74, 6) is 0. The van der Waals surface area contributed by atoms with E-state index >= 15 is 0 Å². The van der Waals surface area contributed by atoms with Crippen molar-refractivity contribution in [3.63, 3.8) is 0 Å². The molecule has 0 atom stereocenters. The molecule has 0 bridgehead atoms. The first-order valence-corrected chi connectivity index (χ1v) is 2.33. The minimum absolute atomic E-state index is 0.750. The summed E-state index contributed by atoms with van der Waals surface area (Å²) in [6.45, 7) is 0. The molecule has 0 amide bonds. The predicted octanol–water partition coefficient (Wildman–Crippen LogP) is -0.0604. The molecule has 0 unspecified atom stereocenters. The smallest absolute Gasteiger partial charge is 0.243 e. The van der Waals surface area contributed by atoms with Gasteiger partial charge in [-0.3, -0.25) is 0 Å². The van der Waals surface area contributed by atoms with Crippen LogP contribution in [0.3, 0.4) is 0 Å². The van der Waals surface area contributed by atoms with Gasteiger partial charge in [0, 0.05) is 12.0 Å². The van der Waals surface area contributed by atoms with Gasteiger partial charge in [0.05, 0.1) is 16.8 Å². The second kappa shape index (κ2) is 1.78. The third-order valence-corrected chi connectivity index (χ3v) is 0.897. The van der Waals surface area contributed by atoms with Gasteiger partial charge in [-0.15, -0.1) is 0 Å². The molecule has 0 aliphatic carbocycles. The maximum atomic E-state index is 10.3. The average Bonchev–Trinajstić information content (AvgIpc) is 1.77. The Labute approximate surface area is 46.8 Å². The van der Waals surface area contributed by atoms with Crippen molar-refractivity contribution in [2.24, 2.45) is 7.05 Å². The second-order valence-electron chi connectivity index (χ2n) is 1.62. The molecule has 8 heavy (non-hydrogen) atoms. The highest BCUT2D eigenvalue weighted by Crippen LogP contribution is 1.71. The van der Waals surface area contributed by atoms with Crippen LogP contribution in [0.5, 0.6) is 0 Å². The first-order chi connectivity index (χ1) is 3.79. The summed E-state index contributed by atoms with van der Waals surface area (Å²) in [5, 5.41) is 0. The van der Waals surface area contributed by atoms with E-state index in [0.29, 0.717) is 0 Å². The zero-order chi connectivity index (χ0) is 5.98. The van der Waals surface area contributed by atoms with Gasteiger partial charge in [-0.2, -0.15) is 0 Å². The summed E-state index contributed by atoms with van der Waals surface area (Å²) in [7, 11) is 1.86. The molecule has 1 aromatic rings. The highest BCUT2D eigenvalue weighted by molar-refractivity contribution is 4.67. The van der Waals surface area contributed by atoms with Gasteiger partial charge in [0.15, 0.2) is 0 Å². The van der Waals surface area contributed by atoms with Crippen LogP contribution >= 0.6 is 0 Å². The number of nitrogens with zero attached hydrogens (tertiary/aromatic N) is 2. The van der Waals surface area contributed by atoms with Crippen LogP contribution in [0.1, 0.15) is 0 Å². The lowest BCUT2D eigenvalue weighted by molar-refractivity contribution is -0.495. The number of hydrogen-bond donors (Lipinski definition) is 0. The molecule has 1 aromatic heterocycles. The Morgan fingerprint density at radius 3 is 2.25 bits per heavy atom. The number of hydrogen-bond acceptors (Lipinski definition) is 1. The summed E-state index contributed by atoms with van der Waals surface area (Å²) in [6.07, 6.45) is 6.26. The molecule has 0 aliphatic heterocycles. The van der Waals surface area contributed by atoms with Crippen LogP contribution in [0.4, 0.5) is 0 Å². The normalized spacial score (nSPS) is 9.12. The molecular formula is C5H7N2O+. The van der Waals surface area contributed by atoms with Crippen molar-refractivity contribution in [1.29, 1.82) is 0 Å². The van der Waals surface area contributed by atoms with E-state index in [2.05, 4.69) is 0 Å². The second-order valence-corrected chi connectivity index (χ2v) is 1.62. The summed E-state index contributed by atoms with van der Waals surface area (Å²) in [6, 6.07) is 0. The van der Waals surface area contributed by atoms with Crippen LogP contribution in [0, 0.1) is 4.91 Å². The predicted molar refractivity (Wildman–Crippen MR) is 28.8 cm³/mol. The van der Waals surface area contributed by atoms with Crippen LogP contribution < -0.4 is 4.43 Å². The maximum absolute atomic E-state index is 10.3. The van der Waals surface area contributed by atoms with Crippen molar-refractivity contribution >= 4 is 0 Å².